The SMILES string of the molecule is Cc1ccc([C@H]2Nn3c(C)nnc3S[C@H]2C(=O)Nc2ccc(F)c(Cl)c2)cc1. The zero-order valence-corrected chi connectivity index (χ0v) is 16.7. The molecular weight excluding hydrogens is 401 g/mol. The Morgan fingerprint density at radius 3 is 2.68 bits per heavy atom. The van der Waals surface area contributed by atoms with Crippen LogP contribution in [-0.4, -0.2) is 26.0 Å². The molecule has 3 aromatic rings. The summed E-state index contributed by atoms with van der Waals surface area (Å²) in [6.45, 7) is 3.86. The maximum absolute atomic E-state index is 13.4. The minimum atomic E-state index is -0.533. The Balaban J connectivity index is 1.65. The molecule has 0 radical (unpaired) electrons. The molecule has 28 heavy (non-hydrogen) atoms. The first-order valence-electron chi connectivity index (χ1n) is 8.60. The highest BCUT2D eigenvalue weighted by Gasteiger charge is 2.37. The smallest absolute Gasteiger partial charge is 0.240 e. The summed E-state index contributed by atoms with van der Waals surface area (Å²) in [6, 6.07) is 11.8. The average molecular weight is 418 g/mol. The molecule has 2 aromatic carbocycles. The van der Waals surface area contributed by atoms with E-state index in [0.717, 1.165) is 11.1 Å². The van der Waals surface area contributed by atoms with Gasteiger partial charge in [-0.1, -0.05) is 53.2 Å². The Labute approximate surface area is 170 Å². The van der Waals surface area contributed by atoms with E-state index in [1.807, 2.05) is 38.1 Å². The lowest BCUT2D eigenvalue weighted by Crippen LogP contribution is -2.41. The first-order chi connectivity index (χ1) is 13.4. The third-order valence-electron chi connectivity index (χ3n) is 4.48. The van der Waals surface area contributed by atoms with Crippen LogP contribution in [0, 0.1) is 19.7 Å². The fraction of sp³-hybridized carbons (Fsp3) is 0.211. The van der Waals surface area contributed by atoms with E-state index in [2.05, 4.69) is 20.9 Å². The summed E-state index contributed by atoms with van der Waals surface area (Å²) in [5.41, 5.74) is 5.88. The molecule has 9 heteroatoms. The van der Waals surface area contributed by atoms with E-state index >= 15 is 0 Å². The number of halogens is 2. The molecule has 0 bridgehead atoms. The Kier molecular flexibility index (Phi) is 4.99. The zero-order valence-electron chi connectivity index (χ0n) is 15.1. The van der Waals surface area contributed by atoms with E-state index in [4.69, 9.17) is 11.6 Å². The summed E-state index contributed by atoms with van der Waals surface area (Å²) in [4.78, 5) is 13.1. The number of aromatic nitrogens is 3. The summed E-state index contributed by atoms with van der Waals surface area (Å²) in [5.74, 6) is -0.0593. The number of rotatable bonds is 3. The quantitative estimate of drug-likeness (QED) is 0.671. The van der Waals surface area contributed by atoms with Crippen molar-refractivity contribution in [3.8, 4) is 0 Å². The van der Waals surface area contributed by atoms with Crippen molar-refractivity contribution in [3.05, 3.63) is 70.3 Å². The van der Waals surface area contributed by atoms with Gasteiger partial charge in [0.25, 0.3) is 0 Å². The summed E-state index contributed by atoms with van der Waals surface area (Å²) < 4.78 is 15.2. The van der Waals surface area contributed by atoms with Crippen LogP contribution in [-0.2, 0) is 4.79 Å². The second kappa shape index (κ2) is 7.44. The standard InChI is InChI=1S/C19H17ClFN5OS/c1-10-3-5-12(6-4-10)16-17(28-19-24-23-11(2)26(19)25-16)18(27)22-13-7-8-15(21)14(20)9-13/h3-9,16-17,25H,1-2H3,(H,22,27)/t16-,17-/m1/s1. The number of carbonyl (C=O) groups is 1. The Hall–Kier alpha value is -2.58. The minimum absolute atomic E-state index is 0.0438. The van der Waals surface area contributed by atoms with Gasteiger partial charge < -0.3 is 10.7 Å². The molecule has 6 nitrogen and oxygen atoms in total. The molecule has 1 aliphatic heterocycles. The Morgan fingerprint density at radius 2 is 1.96 bits per heavy atom. The van der Waals surface area contributed by atoms with Crippen molar-refractivity contribution in [2.75, 3.05) is 10.7 Å². The lowest BCUT2D eigenvalue weighted by molar-refractivity contribution is -0.116. The average Bonchev–Trinajstić information content (AvgIpc) is 3.04. The lowest BCUT2D eigenvalue weighted by atomic mass is 10.0. The number of carbonyl (C=O) groups excluding carboxylic acids is 1. The molecule has 2 heterocycles. The van der Waals surface area contributed by atoms with Gasteiger partial charge in [-0.05, 0) is 37.6 Å². The van der Waals surface area contributed by atoms with Gasteiger partial charge in [-0.3, -0.25) is 4.79 Å². The normalized spacial score (nSPS) is 18.3. The van der Waals surface area contributed by atoms with Crippen LogP contribution in [0.25, 0.3) is 0 Å². The van der Waals surface area contributed by atoms with Gasteiger partial charge in [-0.2, -0.15) is 0 Å². The second-order valence-electron chi connectivity index (χ2n) is 6.54. The molecule has 144 valence electrons. The highest BCUT2D eigenvalue weighted by Crippen LogP contribution is 2.37. The zero-order chi connectivity index (χ0) is 19.8. The third-order valence-corrected chi connectivity index (χ3v) is 5.99. The number of aryl methyl sites for hydroxylation is 2. The molecule has 0 fully saturated rings. The molecule has 0 aliphatic carbocycles. The third kappa shape index (κ3) is 3.57. The van der Waals surface area contributed by atoms with Crippen LogP contribution in [0.3, 0.4) is 0 Å². The molecule has 2 atom stereocenters. The summed E-state index contributed by atoms with van der Waals surface area (Å²) in [7, 11) is 0. The number of hydrogen-bond donors (Lipinski definition) is 2. The van der Waals surface area contributed by atoms with E-state index < -0.39 is 11.1 Å². The van der Waals surface area contributed by atoms with Crippen molar-refractivity contribution in [1.82, 2.24) is 14.9 Å². The summed E-state index contributed by atoms with van der Waals surface area (Å²) >= 11 is 7.15. The number of thioether (sulfide) groups is 1. The number of hydrogen-bond acceptors (Lipinski definition) is 5. The first-order valence-corrected chi connectivity index (χ1v) is 9.86. The lowest BCUT2D eigenvalue weighted by Gasteiger charge is -2.32. The minimum Gasteiger partial charge on any atom is -0.325 e. The molecule has 0 saturated carbocycles. The van der Waals surface area contributed by atoms with Crippen molar-refractivity contribution < 1.29 is 9.18 Å². The van der Waals surface area contributed by atoms with Crippen molar-refractivity contribution in [2.45, 2.75) is 30.3 Å². The maximum Gasteiger partial charge on any atom is 0.240 e. The van der Waals surface area contributed by atoms with E-state index in [0.29, 0.717) is 16.7 Å². The van der Waals surface area contributed by atoms with Gasteiger partial charge in [-0.15, -0.1) is 10.2 Å². The van der Waals surface area contributed by atoms with Crippen LogP contribution in [0.1, 0.15) is 23.0 Å². The van der Waals surface area contributed by atoms with Gasteiger partial charge in [0.1, 0.15) is 16.9 Å². The van der Waals surface area contributed by atoms with Gasteiger partial charge >= 0.3 is 0 Å². The number of nitrogens with one attached hydrogen (secondary N) is 2. The number of anilines is 1. The van der Waals surface area contributed by atoms with Crippen LogP contribution in [0.2, 0.25) is 5.02 Å². The summed E-state index contributed by atoms with van der Waals surface area (Å²) in [6.07, 6.45) is 0. The monoisotopic (exact) mass is 417 g/mol. The second-order valence-corrected chi connectivity index (χ2v) is 8.06. The fourth-order valence-electron chi connectivity index (χ4n) is 2.97. The fourth-order valence-corrected chi connectivity index (χ4v) is 4.28. The number of amides is 1. The van der Waals surface area contributed by atoms with Gasteiger partial charge in [0, 0.05) is 5.69 Å². The predicted molar refractivity (Wildman–Crippen MR) is 108 cm³/mol. The molecule has 2 N–H and O–H groups in total. The molecule has 1 amide bonds. The van der Waals surface area contributed by atoms with Gasteiger partial charge in [0.05, 0.1) is 11.1 Å². The highest BCUT2D eigenvalue weighted by atomic mass is 35.5. The van der Waals surface area contributed by atoms with Crippen molar-refractivity contribution in [2.24, 2.45) is 0 Å². The van der Waals surface area contributed by atoms with Crippen molar-refractivity contribution >= 4 is 35.0 Å². The van der Waals surface area contributed by atoms with E-state index in [-0.39, 0.29) is 17.0 Å². The molecule has 0 spiro atoms. The first kappa shape index (κ1) is 18.8. The van der Waals surface area contributed by atoms with E-state index in [1.54, 1.807) is 4.68 Å². The Morgan fingerprint density at radius 1 is 1.21 bits per heavy atom. The topological polar surface area (TPSA) is 71.8 Å². The summed E-state index contributed by atoms with van der Waals surface area (Å²) in [5, 5.41) is 11.1. The number of benzene rings is 2. The van der Waals surface area contributed by atoms with Crippen LogP contribution in [0.4, 0.5) is 10.1 Å². The molecule has 1 aliphatic rings. The van der Waals surface area contributed by atoms with Crippen LogP contribution in [0.5, 0.6) is 0 Å². The molecule has 4 rings (SSSR count). The maximum atomic E-state index is 13.4. The van der Waals surface area contributed by atoms with Crippen molar-refractivity contribution in [1.29, 1.82) is 0 Å². The largest absolute Gasteiger partial charge is 0.325 e. The number of fused-ring (bicyclic) bond motifs is 1. The van der Waals surface area contributed by atoms with E-state index in [1.165, 1.54) is 30.0 Å². The molecular formula is C19H17ClFN5OS. The van der Waals surface area contributed by atoms with Gasteiger partial charge in [0.15, 0.2) is 0 Å². The van der Waals surface area contributed by atoms with Crippen LogP contribution >= 0.6 is 23.4 Å². The van der Waals surface area contributed by atoms with Crippen molar-refractivity contribution in [3.63, 3.8) is 0 Å². The van der Waals surface area contributed by atoms with Crippen LogP contribution in [0.15, 0.2) is 47.6 Å². The van der Waals surface area contributed by atoms with Gasteiger partial charge in [0.2, 0.25) is 11.1 Å². The van der Waals surface area contributed by atoms with Gasteiger partial charge in [-0.25, -0.2) is 9.07 Å². The predicted octanol–water partition coefficient (Wildman–Crippen LogP) is 4.09. The Bertz CT molecular complexity index is 1040. The van der Waals surface area contributed by atoms with E-state index in [9.17, 15) is 9.18 Å². The molecule has 0 saturated heterocycles. The van der Waals surface area contributed by atoms with Crippen LogP contribution < -0.4 is 10.7 Å². The molecule has 0 unspecified atom stereocenters. The number of nitrogens with zero attached hydrogens (tertiary/aromatic N) is 3. The molecule has 1 aromatic heterocycles. The highest BCUT2D eigenvalue weighted by molar-refractivity contribution is 8.00.